The topological polar surface area (TPSA) is 103 Å². The minimum absolute atomic E-state index is 0.0794. The van der Waals surface area contributed by atoms with Crippen molar-refractivity contribution in [1.29, 1.82) is 0 Å². The van der Waals surface area contributed by atoms with Crippen LogP contribution in [0.15, 0.2) is 64.2 Å². The first kappa shape index (κ1) is 30.3. The van der Waals surface area contributed by atoms with E-state index in [9.17, 15) is 27.6 Å². The zero-order chi connectivity index (χ0) is 31.4. The van der Waals surface area contributed by atoms with Gasteiger partial charge in [-0.05, 0) is 55.2 Å². The van der Waals surface area contributed by atoms with Crippen molar-refractivity contribution in [1.82, 2.24) is 19.0 Å². The number of allylic oxidation sites excluding steroid dienone is 4. The fraction of sp³-hybridized carbons (Fsp3) is 0.355. The average molecular weight is 614 g/mol. The molecule has 226 valence electrons. The van der Waals surface area contributed by atoms with Gasteiger partial charge in [0, 0.05) is 42.7 Å². The number of nitrogens with two attached hydrogens (primary N) is 1. The van der Waals surface area contributed by atoms with Crippen LogP contribution in [0.25, 0.3) is 28.0 Å². The number of alkyl halides is 3. The van der Waals surface area contributed by atoms with Crippen molar-refractivity contribution in [3.63, 3.8) is 0 Å². The predicted molar refractivity (Wildman–Crippen MR) is 161 cm³/mol. The lowest BCUT2D eigenvalue weighted by Gasteiger charge is -2.39. The molecule has 43 heavy (non-hydrogen) atoms. The number of halogens is 4. The van der Waals surface area contributed by atoms with E-state index in [1.54, 1.807) is 4.90 Å². The lowest BCUT2D eigenvalue weighted by molar-refractivity contribution is -0.137. The van der Waals surface area contributed by atoms with Crippen molar-refractivity contribution in [3.8, 4) is 11.3 Å². The number of benzene rings is 1. The van der Waals surface area contributed by atoms with Gasteiger partial charge < -0.3 is 15.2 Å². The number of fused-ring (bicyclic) bond motifs is 1. The molecule has 1 fully saturated rings. The Bertz CT molecular complexity index is 1830. The molecule has 0 saturated carbocycles. The van der Waals surface area contributed by atoms with E-state index < -0.39 is 28.6 Å². The number of aromatic nitrogens is 3. The number of hydrogen-bond donors (Lipinski definition) is 1. The molecule has 12 heteroatoms. The van der Waals surface area contributed by atoms with E-state index in [0.717, 1.165) is 17.7 Å². The van der Waals surface area contributed by atoms with Crippen LogP contribution in [0, 0.1) is 17.8 Å². The zero-order valence-electron chi connectivity index (χ0n) is 23.9. The van der Waals surface area contributed by atoms with Crippen molar-refractivity contribution in [2.24, 2.45) is 17.8 Å². The zero-order valence-corrected chi connectivity index (χ0v) is 24.7. The second-order valence-electron chi connectivity index (χ2n) is 11.4. The van der Waals surface area contributed by atoms with E-state index in [-0.39, 0.29) is 57.6 Å². The minimum Gasteiger partial charge on any atom is -0.384 e. The van der Waals surface area contributed by atoms with Crippen LogP contribution in [-0.4, -0.2) is 38.0 Å². The Morgan fingerprint density at radius 1 is 1.19 bits per heavy atom. The third-order valence-electron chi connectivity index (χ3n) is 8.15. The Morgan fingerprint density at radius 2 is 1.88 bits per heavy atom. The van der Waals surface area contributed by atoms with E-state index in [1.165, 1.54) is 27.3 Å². The summed E-state index contributed by atoms with van der Waals surface area (Å²) in [7, 11) is 0. The molecule has 0 spiro atoms. The molecule has 1 aliphatic heterocycles. The Balaban J connectivity index is 1.82. The number of rotatable bonds is 6. The van der Waals surface area contributed by atoms with Gasteiger partial charge in [-0.25, -0.2) is 4.98 Å². The second kappa shape index (κ2) is 11.2. The van der Waals surface area contributed by atoms with Crippen LogP contribution in [0.1, 0.15) is 32.8 Å². The molecule has 3 aromatic rings. The van der Waals surface area contributed by atoms with Crippen LogP contribution in [0.3, 0.4) is 0 Å². The SMILES string of the molecule is C=CC(=O)N1CC(Cn2c(=O)c(=O)n(C3=C(C)C=CC[C@@H]3C(C)C)c3cc(-c4nc(N)ccc4C(F)(F)F)c(Cl)cc32)C1. The molecule has 2 aliphatic rings. The summed E-state index contributed by atoms with van der Waals surface area (Å²) in [4.78, 5) is 45.2. The molecule has 1 atom stereocenters. The van der Waals surface area contributed by atoms with Crippen molar-refractivity contribution in [2.75, 3.05) is 18.8 Å². The third kappa shape index (κ3) is 5.42. The van der Waals surface area contributed by atoms with Crippen LogP contribution in [0.2, 0.25) is 5.02 Å². The number of carbonyl (C=O) groups is 1. The average Bonchev–Trinajstić information content (AvgIpc) is 2.91. The van der Waals surface area contributed by atoms with Gasteiger partial charge in [0.15, 0.2) is 0 Å². The van der Waals surface area contributed by atoms with Gasteiger partial charge in [-0.2, -0.15) is 13.2 Å². The second-order valence-corrected chi connectivity index (χ2v) is 11.8. The molecule has 5 rings (SSSR count). The highest BCUT2D eigenvalue weighted by Crippen LogP contribution is 2.41. The maximum atomic E-state index is 14.1. The Labute approximate surface area is 250 Å². The van der Waals surface area contributed by atoms with Crippen LogP contribution < -0.4 is 16.9 Å². The van der Waals surface area contributed by atoms with E-state index in [1.807, 2.05) is 32.9 Å². The largest absolute Gasteiger partial charge is 0.418 e. The van der Waals surface area contributed by atoms with E-state index >= 15 is 0 Å². The van der Waals surface area contributed by atoms with Crippen LogP contribution in [-0.2, 0) is 17.5 Å². The first-order valence-electron chi connectivity index (χ1n) is 13.8. The number of hydrogen-bond acceptors (Lipinski definition) is 5. The summed E-state index contributed by atoms with van der Waals surface area (Å²) in [6, 6.07) is 4.69. The Morgan fingerprint density at radius 3 is 2.51 bits per heavy atom. The summed E-state index contributed by atoms with van der Waals surface area (Å²) < 4.78 is 44.9. The summed E-state index contributed by atoms with van der Waals surface area (Å²) in [5.74, 6) is -0.559. The minimum atomic E-state index is -4.76. The summed E-state index contributed by atoms with van der Waals surface area (Å²) in [5.41, 5.74) is 4.45. The number of nitrogen functional groups attached to an aromatic ring is 1. The molecule has 0 radical (unpaired) electrons. The number of likely N-dealkylation sites (tertiary alicyclic amines) is 1. The highest BCUT2D eigenvalue weighted by molar-refractivity contribution is 6.34. The quantitative estimate of drug-likeness (QED) is 0.289. The maximum Gasteiger partial charge on any atom is 0.418 e. The summed E-state index contributed by atoms with van der Waals surface area (Å²) >= 11 is 6.65. The highest BCUT2D eigenvalue weighted by atomic mass is 35.5. The molecular weight excluding hydrogens is 583 g/mol. The van der Waals surface area contributed by atoms with Crippen LogP contribution in [0.5, 0.6) is 0 Å². The first-order chi connectivity index (χ1) is 20.2. The molecule has 0 bridgehead atoms. The van der Waals surface area contributed by atoms with Crippen molar-refractivity contribution in [3.05, 3.63) is 85.9 Å². The Hall–Kier alpha value is -4.12. The summed E-state index contributed by atoms with van der Waals surface area (Å²) in [6.07, 6.45) is 0.933. The van der Waals surface area contributed by atoms with Gasteiger partial charge in [-0.15, -0.1) is 0 Å². The van der Waals surface area contributed by atoms with Gasteiger partial charge in [0.2, 0.25) is 5.91 Å². The van der Waals surface area contributed by atoms with Crippen LogP contribution in [0.4, 0.5) is 19.0 Å². The van der Waals surface area contributed by atoms with Gasteiger partial charge in [0.1, 0.15) is 5.82 Å². The number of pyridine rings is 1. The number of anilines is 1. The lowest BCUT2D eigenvalue weighted by Crippen LogP contribution is -2.52. The van der Waals surface area contributed by atoms with Gasteiger partial charge in [0.25, 0.3) is 0 Å². The number of amides is 1. The Kier molecular flexibility index (Phi) is 7.89. The lowest BCUT2D eigenvalue weighted by atomic mass is 9.83. The molecule has 8 nitrogen and oxygen atoms in total. The van der Waals surface area contributed by atoms with Gasteiger partial charge >= 0.3 is 17.3 Å². The van der Waals surface area contributed by atoms with Gasteiger partial charge in [-0.3, -0.25) is 19.0 Å². The molecule has 1 aromatic carbocycles. The molecule has 0 unspecified atom stereocenters. The number of nitrogens with zero attached hydrogens (tertiary/aromatic N) is 4. The number of carbonyl (C=O) groups excluding carboxylic acids is 1. The highest BCUT2D eigenvalue weighted by Gasteiger charge is 2.36. The van der Waals surface area contributed by atoms with Gasteiger partial charge in [-0.1, -0.05) is 44.2 Å². The van der Waals surface area contributed by atoms with Crippen molar-refractivity contribution >= 4 is 40.1 Å². The van der Waals surface area contributed by atoms with E-state index in [2.05, 4.69) is 11.6 Å². The molecule has 1 aliphatic carbocycles. The summed E-state index contributed by atoms with van der Waals surface area (Å²) in [5, 5.41) is -0.0961. The normalized spacial score (nSPS) is 17.6. The molecule has 2 N–H and O–H groups in total. The summed E-state index contributed by atoms with van der Waals surface area (Å²) in [6.45, 7) is 10.2. The van der Waals surface area contributed by atoms with E-state index in [4.69, 9.17) is 17.3 Å². The van der Waals surface area contributed by atoms with E-state index in [0.29, 0.717) is 25.2 Å². The molecular formula is C31H31ClF3N5O3. The predicted octanol–water partition coefficient (Wildman–Crippen LogP) is 5.59. The first-order valence-corrected chi connectivity index (χ1v) is 14.2. The molecule has 1 saturated heterocycles. The third-order valence-corrected chi connectivity index (χ3v) is 8.46. The maximum absolute atomic E-state index is 14.1. The monoisotopic (exact) mass is 613 g/mol. The fourth-order valence-electron chi connectivity index (χ4n) is 5.95. The smallest absolute Gasteiger partial charge is 0.384 e. The van der Waals surface area contributed by atoms with Crippen molar-refractivity contribution < 1.29 is 18.0 Å². The molecule has 3 heterocycles. The van der Waals surface area contributed by atoms with Gasteiger partial charge in [0.05, 0.1) is 27.3 Å². The molecule has 1 amide bonds. The molecule has 2 aromatic heterocycles. The fourth-order valence-corrected chi connectivity index (χ4v) is 6.20. The standard InChI is InChI=1S/C31H31ClF3N5O3/c1-5-26(41)38-13-18(14-38)15-39-23-12-22(32)20(27-21(31(33,34)35)9-10-25(36)37-27)11-24(23)40(30(43)29(39)42)28-17(4)7-6-8-19(28)16(2)3/h5-7,9-12,16,18-19H,1,8,13-15H2,2-4H3,(H2,36,37)/t19-/m1/s1. The van der Waals surface area contributed by atoms with Crippen molar-refractivity contribution in [2.45, 2.75) is 39.9 Å². The van der Waals surface area contributed by atoms with Crippen LogP contribution >= 0.6 is 11.6 Å².